The molecule has 0 spiro atoms. The highest BCUT2D eigenvalue weighted by atomic mass is 35.5. The number of anilines is 1. The van der Waals surface area contributed by atoms with Crippen molar-refractivity contribution >= 4 is 17.4 Å². The van der Waals surface area contributed by atoms with E-state index in [9.17, 15) is 4.39 Å². The second kappa shape index (κ2) is 5.95. The standard InChI is InChI=1S/C13H13ClFN3O/c1-2-19-7-13-17-11(6-12(16)18-13)9-4-3-8(15)5-10(9)14/h3-6H,2,7H2,1H3,(H2,16,17,18). The van der Waals surface area contributed by atoms with Crippen LogP contribution in [0.5, 0.6) is 0 Å². The van der Waals surface area contributed by atoms with Crippen LogP contribution in [0.3, 0.4) is 0 Å². The first-order valence-corrected chi connectivity index (χ1v) is 6.14. The first-order valence-electron chi connectivity index (χ1n) is 5.76. The monoisotopic (exact) mass is 281 g/mol. The maximum atomic E-state index is 13.0. The Bertz CT molecular complexity index is 592. The Kier molecular flexibility index (Phi) is 4.29. The van der Waals surface area contributed by atoms with E-state index in [0.29, 0.717) is 29.5 Å². The molecule has 6 heteroatoms. The summed E-state index contributed by atoms with van der Waals surface area (Å²) < 4.78 is 18.3. The van der Waals surface area contributed by atoms with Crippen LogP contribution in [0, 0.1) is 5.82 Å². The Morgan fingerprint density at radius 1 is 1.32 bits per heavy atom. The van der Waals surface area contributed by atoms with Crippen molar-refractivity contribution in [3.63, 3.8) is 0 Å². The molecule has 2 N–H and O–H groups in total. The molecule has 4 nitrogen and oxygen atoms in total. The third-order valence-electron chi connectivity index (χ3n) is 2.43. The maximum absolute atomic E-state index is 13.0. The molecule has 0 radical (unpaired) electrons. The van der Waals surface area contributed by atoms with Gasteiger partial charge in [-0.2, -0.15) is 0 Å². The van der Waals surface area contributed by atoms with Crippen LogP contribution >= 0.6 is 11.6 Å². The number of ether oxygens (including phenoxy) is 1. The molecule has 0 atom stereocenters. The lowest BCUT2D eigenvalue weighted by Gasteiger charge is -2.07. The second-order valence-corrected chi connectivity index (χ2v) is 4.26. The van der Waals surface area contributed by atoms with E-state index in [2.05, 4.69) is 9.97 Å². The first kappa shape index (κ1) is 13.7. The van der Waals surface area contributed by atoms with Crippen LogP contribution < -0.4 is 5.73 Å². The molecule has 19 heavy (non-hydrogen) atoms. The topological polar surface area (TPSA) is 61.0 Å². The van der Waals surface area contributed by atoms with Crippen LogP contribution in [0.25, 0.3) is 11.3 Å². The lowest BCUT2D eigenvalue weighted by molar-refractivity contribution is 0.128. The third kappa shape index (κ3) is 3.39. The van der Waals surface area contributed by atoms with Crippen LogP contribution in [0.15, 0.2) is 24.3 Å². The van der Waals surface area contributed by atoms with Crippen LogP contribution in [0.1, 0.15) is 12.7 Å². The summed E-state index contributed by atoms with van der Waals surface area (Å²) in [6, 6.07) is 5.71. The molecule has 1 aromatic carbocycles. The normalized spacial score (nSPS) is 10.7. The lowest BCUT2D eigenvalue weighted by Crippen LogP contribution is -2.03. The van der Waals surface area contributed by atoms with Gasteiger partial charge in [0.05, 0.1) is 10.7 Å². The predicted molar refractivity (Wildman–Crippen MR) is 72.2 cm³/mol. The largest absolute Gasteiger partial charge is 0.384 e. The molecule has 0 aliphatic carbocycles. The molecule has 0 fully saturated rings. The van der Waals surface area contributed by atoms with Crippen molar-refractivity contribution in [3.05, 3.63) is 40.9 Å². The Morgan fingerprint density at radius 2 is 2.11 bits per heavy atom. The van der Waals surface area contributed by atoms with E-state index < -0.39 is 5.82 Å². The first-order chi connectivity index (χ1) is 9.10. The number of benzene rings is 1. The van der Waals surface area contributed by atoms with E-state index >= 15 is 0 Å². The molecule has 0 unspecified atom stereocenters. The number of nitrogens with two attached hydrogens (primary N) is 1. The van der Waals surface area contributed by atoms with Gasteiger partial charge >= 0.3 is 0 Å². The van der Waals surface area contributed by atoms with Crippen molar-refractivity contribution in [2.24, 2.45) is 0 Å². The van der Waals surface area contributed by atoms with Gasteiger partial charge in [-0.3, -0.25) is 0 Å². The molecule has 0 aliphatic rings. The highest BCUT2D eigenvalue weighted by molar-refractivity contribution is 6.33. The van der Waals surface area contributed by atoms with Crippen molar-refractivity contribution in [1.82, 2.24) is 9.97 Å². The summed E-state index contributed by atoms with van der Waals surface area (Å²) in [5.74, 6) is 0.391. The highest BCUT2D eigenvalue weighted by Gasteiger charge is 2.09. The molecule has 1 heterocycles. The van der Waals surface area contributed by atoms with Crippen LogP contribution in [0.4, 0.5) is 10.2 Å². The Hall–Kier alpha value is -1.72. The minimum Gasteiger partial charge on any atom is -0.384 e. The van der Waals surface area contributed by atoms with E-state index in [4.69, 9.17) is 22.1 Å². The van der Waals surface area contributed by atoms with Gasteiger partial charge in [0.2, 0.25) is 0 Å². The second-order valence-electron chi connectivity index (χ2n) is 3.86. The van der Waals surface area contributed by atoms with E-state index in [1.165, 1.54) is 12.1 Å². The number of rotatable bonds is 4. The van der Waals surface area contributed by atoms with E-state index in [1.807, 2.05) is 6.92 Å². The molecule has 0 aliphatic heterocycles. The number of aromatic nitrogens is 2. The fourth-order valence-electron chi connectivity index (χ4n) is 1.61. The number of nitrogens with zero attached hydrogens (tertiary/aromatic N) is 2. The number of hydrogen-bond donors (Lipinski definition) is 1. The van der Waals surface area contributed by atoms with Gasteiger partial charge in [-0.1, -0.05) is 11.6 Å². The molecule has 1 aromatic heterocycles. The number of nitrogen functional groups attached to an aromatic ring is 1. The number of hydrogen-bond acceptors (Lipinski definition) is 4. The SMILES string of the molecule is CCOCc1nc(N)cc(-c2ccc(F)cc2Cl)n1. The molecule has 0 saturated carbocycles. The summed E-state index contributed by atoms with van der Waals surface area (Å²) in [4.78, 5) is 8.38. The maximum Gasteiger partial charge on any atom is 0.157 e. The van der Waals surface area contributed by atoms with Crippen molar-refractivity contribution in [2.75, 3.05) is 12.3 Å². The third-order valence-corrected chi connectivity index (χ3v) is 2.75. The van der Waals surface area contributed by atoms with Gasteiger partial charge < -0.3 is 10.5 Å². The molecule has 2 aromatic rings. The summed E-state index contributed by atoms with van der Waals surface area (Å²) in [5, 5.41) is 0.278. The average Bonchev–Trinajstić information content (AvgIpc) is 2.35. The van der Waals surface area contributed by atoms with Gasteiger partial charge in [-0.25, -0.2) is 14.4 Å². The van der Waals surface area contributed by atoms with Gasteiger partial charge in [-0.15, -0.1) is 0 Å². The van der Waals surface area contributed by atoms with Crippen molar-refractivity contribution < 1.29 is 9.13 Å². The fourth-order valence-corrected chi connectivity index (χ4v) is 1.87. The fraction of sp³-hybridized carbons (Fsp3) is 0.231. The molecular formula is C13H13ClFN3O. The van der Waals surface area contributed by atoms with Crippen molar-refractivity contribution in [1.29, 1.82) is 0 Å². The smallest absolute Gasteiger partial charge is 0.157 e. The molecular weight excluding hydrogens is 269 g/mol. The van der Waals surface area contributed by atoms with Gasteiger partial charge in [0.1, 0.15) is 18.2 Å². The molecule has 0 amide bonds. The lowest BCUT2D eigenvalue weighted by atomic mass is 10.1. The summed E-state index contributed by atoms with van der Waals surface area (Å²) in [6.07, 6.45) is 0. The average molecular weight is 282 g/mol. The van der Waals surface area contributed by atoms with Gasteiger partial charge in [0.25, 0.3) is 0 Å². The molecule has 0 saturated heterocycles. The van der Waals surface area contributed by atoms with Gasteiger partial charge in [0, 0.05) is 18.2 Å². The zero-order chi connectivity index (χ0) is 13.8. The zero-order valence-corrected chi connectivity index (χ0v) is 11.1. The van der Waals surface area contributed by atoms with E-state index in [-0.39, 0.29) is 11.6 Å². The Labute approximate surface area is 115 Å². The zero-order valence-electron chi connectivity index (χ0n) is 10.4. The van der Waals surface area contributed by atoms with Gasteiger partial charge in [0.15, 0.2) is 5.82 Å². The van der Waals surface area contributed by atoms with Crippen LogP contribution in [-0.2, 0) is 11.3 Å². The summed E-state index contributed by atoms with van der Waals surface area (Å²) in [5.41, 5.74) is 6.88. The minimum atomic E-state index is -0.398. The van der Waals surface area contributed by atoms with E-state index in [0.717, 1.165) is 0 Å². The van der Waals surface area contributed by atoms with Crippen LogP contribution in [0.2, 0.25) is 5.02 Å². The van der Waals surface area contributed by atoms with Crippen molar-refractivity contribution in [2.45, 2.75) is 13.5 Å². The molecule has 2 rings (SSSR count). The quantitative estimate of drug-likeness (QED) is 0.936. The van der Waals surface area contributed by atoms with Crippen molar-refractivity contribution in [3.8, 4) is 11.3 Å². The Balaban J connectivity index is 2.41. The predicted octanol–water partition coefficient (Wildman–Crippen LogP) is 3.05. The summed E-state index contributed by atoms with van der Waals surface area (Å²) >= 11 is 6.00. The Morgan fingerprint density at radius 3 is 2.79 bits per heavy atom. The minimum absolute atomic E-state index is 0.271. The van der Waals surface area contributed by atoms with Gasteiger partial charge in [-0.05, 0) is 25.1 Å². The summed E-state index contributed by atoms with van der Waals surface area (Å²) in [6.45, 7) is 2.71. The summed E-state index contributed by atoms with van der Waals surface area (Å²) in [7, 11) is 0. The molecule has 0 bridgehead atoms. The number of halogens is 2. The van der Waals surface area contributed by atoms with Crippen LogP contribution in [-0.4, -0.2) is 16.6 Å². The van der Waals surface area contributed by atoms with E-state index in [1.54, 1.807) is 12.1 Å². The highest BCUT2D eigenvalue weighted by Crippen LogP contribution is 2.27. The molecule has 100 valence electrons.